The minimum absolute atomic E-state index is 0.137. The fraction of sp³-hybridized carbons (Fsp3) is 0.385. The van der Waals surface area contributed by atoms with Gasteiger partial charge in [-0.1, -0.05) is 12.1 Å². The van der Waals surface area contributed by atoms with Gasteiger partial charge in [0.25, 0.3) is 5.69 Å². The van der Waals surface area contributed by atoms with Crippen LogP contribution in [0.15, 0.2) is 30.6 Å². The Morgan fingerprint density at radius 2 is 2.19 bits per heavy atom. The average Bonchev–Trinajstić information content (AvgIpc) is 3.10. The second-order valence-electron chi connectivity index (χ2n) is 4.79. The number of benzene rings is 1. The van der Waals surface area contributed by atoms with Gasteiger partial charge in [0.15, 0.2) is 0 Å². The Balaban J connectivity index is 1.99. The monoisotopic (exact) mass is 322 g/mol. The molecule has 1 aliphatic rings. The van der Waals surface area contributed by atoms with Gasteiger partial charge in [-0.05, 0) is 5.56 Å². The van der Waals surface area contributed by atoms with Crippen molar-refractivity contribution in [2.24, 2.45) is 7.05 Å². The van der Waals surface area contributed by atoms with E-state index in [1.54, 1.807) is 18.5 Å². The van der Waals surface area contributed by atoms with Gasteiger partial charge in [-0.25, -0.2) is 0 Å². The summed E-state index contributed by atoms with van der Waals surface area (Å²) in [5, 5.41) is 19.1. The molecule has 0 saturated carbocycles. The first-order chi connectivity index (χ1) is 10.1. The molecule has 0 spiro atoms. The number of nitro groups is 1. The Morgan fingerprint density at radius 1 is 1.43 bits per heavy atom. The van der Waals surface area contributed by atoms with Gasteiger partial charge < -0.3 is 4.57 Å². The van der Waals surface area contributed by atoms with Gasteiger partial charge >= 0.3 is 0 Å². The lowest BCUT2D eigenvalue weighted by atomic mass is 10.1. The second kappa shape index (κ2) is 5.69. The van der Waals surface area contributed by atoms with Crippen LogP contribution >= 0.6 is 23.5 Å². The molecule has 21 heavy (non-hydrogen) atoms. The standard InChI is InChI=1S/C13H14N4O2S2/c1-16-9-14-15-12(16)8-13(20-5-6-21-13)10-3-2-4-11(7-10)17(18)19/h2-4,7,9H,5-6,8H2,1H3. The van der Waals surface area contributed by atoms with Crippen molar-refractivity contribution in [2.75, 3.05) is 11.5 Å². The Kier molecular flexibility index (Phi) is 3.90. The highest BCUT2D eigenvalue weighted by atomic mass is 32.2. The molecule has 0 bridgehead atoms. The topological polar surface area (TPSA) is 73.8 Å². The molecule has 1 aromatic heterocycles. The van der Waals surface area contributed by atoms with Gasteiger partial charge in [0.05, 0.1) is 9.00 Å². The van der Waals surface area contributed by atoms with Crippen molar-refractivity contribution in [2.45, 2.75) is 10.5 Å². The van der Waals surface area contributed by atoms with E-state index in [0.717, 1.165) is 22.9 Å². The van der Waals surface area contributed by atoms with E-state index < -0.39 is 0 Å². The smallest absolute Gasteiger partial charge is 0.269 e. The van der Waals surface area contributed by atoms with E-state index in [1.165, 1.54) is 6.07 Å². The second-order valence-corrected chi connectivity index (χ2v) is 7.84. The molecule has 0 amide bonds. The van der Waals surface area contributed by atoms with E-state index in [9.17, 15) is 10.1 Å². The van der Waals surface area contributed by atoms with E-state index in [0.29, 0.717) is 6.42 Å². The third-order valence-corrected chi connectivity index (χ3v) is 6.92. The number of hydrogen-bond acceptors (Lipinski definition) is 6. The fourth-order valence-corrected chi connectivity index (χ4v) is 5.57. The summed E-state index contributed by atoms with van der Waals surface area (Å²) >= 11 is 3.66. The van der Waals surface area contributed by atoms with Crippen molar-refractivity contribution in [1.29, 1.82) is 0 Å². The van der Waals surface area contributed by atoms with Crippen molar-refractivity contribution in [3.63, 3.8) is 0 Å². The van der Waals surface area contributed by atoms with Crippen molar-refractivity contribution in [3.05, 3.63) is 52.1 Å². The molecule has 1 fully saturated rings. The number of thioether (sulfide) groups is 2. The zero-order valence-electron chi connectivity index (χ0n) is 11.4. The minimum Gasteiger partial charge on any atom is -0.321 e. The molecule has 2 aromatic rings. The summed E-state index contributed by atoms with van der Waals surface area (Å²) in [5.41, 5.74) is 1.12. The molecule has 110 valence electrons. The van der Waals surface area contributed by atoms with Crippen LogP contribution in [-0.4, -0.2) is 31.2 Å². The summed E-state index contributed by atoms with van der Waals surface area (Å²) in [5.74, 6) is 2.96. The third-order valence-electron chi connectivity index (χ3n) is 3.45. The largest absolute Gasteiger partial charge is 0.321 e. The van der Waals surface area contributed by atoms with Gasteiger partial charge in [-0.2, -0.15) is 0 Å². The zero-order chi connectivity index (χ0) is 14.9. The number of nitro benzene ring substituents is 1. The highest BCUT2D eigenvalue weighted by molar-refractivity contribution is 8.20. The van der Waals surface area contributed by atoms with Crippen LogP contribution in [0.1, 0.15) is 11.4 Å². The summed E-state index contributed by atoms with van der Waals surface area (Å²) in [6, 6.07) is 6.94. The third kappa shape index (κ3) is 2.77. The molecule has 0 unspecified atom stereocenters. The molecule has 1 saturated heterocycles. The Labute approximate surface area is 130 Å². The number of non-ortho nitro benzene ring substituents is 1. The highest BCUT2D eigenvalue weighted by Crippen LogP contribution is 2.54. The molecule has 6 nitrogen and oxygen atoms in total. The number of hydrogen-bond donors (Lipinski definition) is 0. The van der Waals surface area contributed by atoms with Crippen LogP contribution in [0.5, 0.6) is 0 Å². The lowest BCUT2D eigenvalue weighted by molar-refractivity contribution is -0.384. The first-order valence-corrected chi connectivity index (χ1v) is 8.43. The zero-order valence-corrected chi connectivity index (χ0v) is 13.1. The maximum atomic E-state index is 11.0. The number of rotatable bonds is 4. The van der Waals surface area contributed by atoms with Gasteiger partial charge in [0.1, 0.15) is 12.2 Å². The number of nitrogens with zero attached hydrogens (tertiary/aromatic N) is 4. The molecule has 2 heterocycles. The normalized spacial score (nSPS) is 17.0. The maximum Gasteiger partial charge on any atom is 0.269 e. The molecule has 0 radical (unpaired) electrons. The molecule has 1 aromatic carbocycles. The fourth-order valence-electron chi connectivity index (χ4n) is 2.36. The van der Waals surface area contributed by atoms with Gasteiger partial charge in [0, 0.05) is 37.1 Å². The molecule has 0 N–H and O–H groups in total. The summed E-state index contributed by atoms with van der Waals surface area (Å²) in [6.07, 6.45) is 2.39. The predicted molar refractivity (Wildman–Crippen MR) is 84.4 cm³/mol. The van der Waals surface area contributed by atoms with Crippen LogP contribution in [0.25, 0.3) is 0 Å². The predicted octanol–water partition coefficient (Wildman–Crippen LogP) is 2.60. The summed E-state index contributed by atoms with van der Waals surface area (Å²) < 4.78 is 1.69. The molecule has 0 aliphatic carbocycles. The van der Waals surface area contributed by atoms with Gasteiger partial charge in [-0.3, -0.25) is 10.1 Å². The molecule has 0 atom stereocenters. The lowest BCUT2D eigenvalue weighted by Crippen LogP contribution is -2.20. The van der Waals surface area contributed by atoms with Crippen LogP contribution < -0.4 is 0 Å². The van der Waals surface area contributed by atoms with Crippen LogP contribution in [0.2, 0.25) is 0 Å². The molecular weight excluding hydrogens is 308 g/mol. The van der Waals surface area contributed by atoms with E-state index in [2.05, 4.69) is 10.2 Å². The van der Waals surface area contributed by atoms with Crippen LogP contribution in [-0.2, 0) is 17.5 Å². The van der Waals surface area contributed by atoms with Crippen molar-refractivity contribution < 1.29 is 4.92 Å². The SMILES string of the molecule is Cn1cnnc1CC1(c2cccc([N+](=O)[O-])c2)SCCS1. The maximum absolute atomic E-state index is 11.0. The average molecular weight is 322 g/mol. The molecular formula is C13H14N4O2S2. The molecule has 1 aliphatic heterocycles. The number of aryl methyl sites for hydroxylation is 1. The van der Waals surface area contributed by atoms with E-state index in [-0.39, 0.29) is 14.7 Å². The number of aromatic nitrogens is 3. The summed E-state index contributed by atoms with van der Waals surface area (Å²) in [4.78, 5) is 10.7. The van der Waals surface area contributed by atoms with Gasteiger partial charge in [0.2, 0.25) is 0 Å². The van der Waals surface area contributed by atoms with Crippen molar-refractivity contribution in [1.82, 2.24) is 14.8 Å². The quantitative estimate of drug-likeness (QED) is 0.636. The van der Waals surface area contributed by atoms with E-state index >= 15 is 0 Å². The summed E-state index contributed by atoms with van der Waals surface area (Å²) in [7, 11) is 1.92. The Bertz CT molecular complexity index is 668. The first kappa shape index (κ1) is 14.4. The molecule has 8 heteroatoms. The summed E-state index contributed by atoms with van der Waals surface area (Å²) in [6.45, 7) is 0. The van der Waals surface area contributed by atoms with Crippen molar-refractivity contribution >= 4 is 29.2 Å². The van der Waals surface area contributed by atoms with Gasteiger partial charge in [-0.15, -0.1) is 33.7 Å². The Morgan fingerprint density at radius 3 is 2.81 bits per heavy atom. The van der Waals surface area contributed by atoms with Crippen LogP contribution in [0.3, 0.4) is 0 Å². The van der Waals surface area contributed by atoms with Crippen LogP contribution in [0.4, 0.5) is 5.69 Å². The first-order valence-electron chi connectivity index (χ1n) is 6.46. The minimum atomic E-state index is -0.343. The van der Waals surface area contributed by atoms with Crippen molar-refractivity contribution in [3.8, 4) is 0 Å². The van der Waals surface area contributed by atoms with E-state index in [1.807, 2.05) is 41.2 Å². The highest BCUT2D eigenvalue weighted by Gasteiger charge is 2.39. The van der Waals surface area contributed by atoms with Crippen LogP contribution in [0, 0.1) is 10.1 Å². The van der Waals surface area contributed by atoms with E-state index in [4.69, 9.17) is 0 Å². The molecule has 3 rings (SSSR count). The lowest BCUT2D eigenvalue weighted by Gasteiger charge is -2.27. The Hall–Kier alpha value is -1.54.